The van der Waals surface area contributed by atoms with Crippen molar-refractivity contribution >= 4 is 47.2 Å². The minimum atomic E-state index is -1.20. The van der Waals surface area contributed by atoms with Gasteiger partial charge in [0.25, 0.3) is 5.91 Å². The van der Waals surface area contributed by atoms with E-state index in [-0.39, 0.29) is 29.9 Å². The van der Waals surface area contributed by atoms with E-state index in [1.165, 1.54) is 16.7 Å². The van der Waals surface area contributed by atoms with Crippen molar-refractivity contribution in [2.45, 2.75) is 29.5 Å². The van der Waals surface area contributed by atoms with Gasteiger partial charge in [0.15, 0.2) is 11.5 Å². The zero-order valence-electron chi connectivity index (χ0n) is 14.8. The Labute approximate surface area is 172 Å². The van der Waals surface area contributed by atoms with Gasteiger partial charge in [0.1, 0.15) is 12.6 Å². The summed E-state index contributed by atoms with van der Waals surface area (Å²) in [4.78, 5) is 48.5. The van der Waals surface area contributed by atoms with E-state index in [1.807, 2.05) is 10.9 Å². The smallest absolute Gasteiger partial charge is 0.426 e. The summed E-state index contributed by atoms with van der Waals surface area (Å²) in [5.74, 6) is -3.56. The molecule has 11 nitrogen and oxygen atoms in total. The maximum Gasteiger partial charge on any atom is 0.426 e. The molecule has 156 valence electrons. The fraction of sp³-hybridized carbons (Fsp3) is 0.375. The first-order valence-electron chi connectivity index (χ1n) is 8.20. The third-order valence-electron chi connectivity index (χ3n) is 4.55. The Kier molecular flexibility index (Phi) is 5.41. The van der Waals surface area contributed by atoms with Crippen LogP contribution in [0.1, 0.15) is 23.7 Å². The number of nitrogens with zero attached hydrogens (tertiary/aromatic N) is 1. The first-order valence-corrected chi connectivity index (χ1v) is 9.46. The summed E-state index contributed by atoms with van der Waals surface area (Å²) in [7, 11) is 0. The number of ether oxygens (including phenoxy) is 1. The van der Waals surface area contributed by atoms with Gasteiger partial charge in [0.05, 0.1) is 27.1 Å². The van der Waals surface area contributed by atoms with E-state index in [2.05, 4.69) is 0 Å². The van der Waals surface area contributed by atoms with Crippen LogP contribution in [0.15, 0.2) is 12.1 Å². The van der Waals surface area contributed by atoms with Crippen LogP contribution in [0.2, 0.25) is 5.02 Å². The van der Waals surface area contributed by atoms with Crippen molar-refractivity contribution in [3.8, 4) is 11.5 Å². The number of hydrogen-bond acceptors (Lipinski definition) is 8. The number of β-lactam (4-membered cyclic amide) rings is 1. The number of halogens is 1. The maximum atomic E-state index is 12.0. The summed E-state index contributed by atoms with van der Waals surface area (Å²) in [6.45, 7) is 1.25. The second-order valence-corrected chi connectivity index (χ2v) is 8.67. The highest BCUT2D eigenvalue weighted by molar-refractivity contribution is 8.01. The Morgan fingerprint density at radius 3 is 2.66 bits per heavy atom. The van der Waals surface area contributed by atoms with Crippen molar-refractivity contribution in [1.82, 2.24) is 15.8 Å². The summed E-state index contributed by atoms with van der Waals surface area (Å²) in [5.41, 5.74) is 3.78. The van der Waals surface area contributed by atoms with Gasteiger partial charge in [-0.2, -0.15) is 0 Å². The monoisotopic (exact) mass is 445 g/mol. The number of carbonyl (C=O) groups is 4. The van der Waals surface area contributed by atoms with E-state index in [0.29, 0.717) is 0 Å². The third-order valence-corrected chi connectivity index (χ3v) is 6.48. The normalized spacial score (nSPS) is 25.0. The second kappa shape index (κ2) is 7.52. The lowest BCUT2D eigenvalue weighted by Gasteiger charge is -2.36. The molecule has 0 aliphatic carbocycles. The zero-order valence-corrected chi connectivity index (χ0v) is 16.4. The van der Waals surface area contributed by atoms with Gasteiger partial charge in [-0.15, -0.1) is 11.8 Å². The van der Waals surface area contributed by atoms with Crippen molar-refractivity contribution in [2.24, 2.45) is 0 Å². The Morgan fingerprint density at radius 1 is 1.34 bits per heavy atom. The van der Waals surface area contributed by atoms with Gasteiger partial charge < -0.3 is 25.0 Å². The number of fused-ring (bicyclic) bond motifs is 1. The van der Waals surface area contributed by atoms with E-state index in [0.717, 1.165) is 12.1 Å². The number of hydrogen-bond donors (Lipinski definition) is 5. The Balaban J connectivity index is 1.56. The molecule has 3 atom stereocenters. The van der Waals surface area contributed by atoms with Gasteiger partial charge in [-0.1, -0.05) is 11.6 Å². The molecule has 0 spiro atoms. The van der Waals surface area contributed by atoms with Crippen LogP contribution < -0.4 is 10.9 Å². The number of hydrazine groups is 1. The summed E-state index contributed by atoms with van der Waals surface area (Å²) in [6.07, 6.45) is -0.837. The molecule has 3 rings (SSSR count). The summed E-state index contributed by atoms with van der Waals surface area (Å²) < 4.78 is 3.96. The van der Waals surface area contributed by atoms with Crippen LogP contribution in [0, 0.1) is 0 Å². The molecule has 1 aromatic carbocycles. The highest BCUT2D eigenvalue weighted by Gasteiger charge is 2.61. The molecular weight excluding hydrogens is 430 g/mol. The molecule has 29 heavy (non-hydrogen) atoms. The molecule has 5 N–H and O–H groups in total. The van der Waals surface area contributed by atoms with Gasteiger partial charge in [-0.3, -0.25) is 15.0 Å². The van der Waals surface area contributed by atoms with Crippen LogP contribution in [0.4, 0.5) is 4.79 Å². The number of carbonyl (C=O) groups excluding carboxylic acids is 3. The Hall–Kier alpha value is -2.86. The number of phenolic OH excluding ortho intramolecular Hbond substituents is 2. The predicted octanol–water partition coefficient (Wildman–Crippen LogP) is 0.639. The molecule has 1 aromatic rings. The number of carboxylic acid groups (broad SMARTS) is 1. The topological polar surface area (TPSA) is 166 Å². The molecule has 0 radical (unpaired) electrons. The van der Waals surface area contributed by atoms with Gasteiger partial charge in [0.2, 0.25) is 5.91 Å². The molecule has 2 heterocycles. The maximum absolute atomic E-state index is 12.0. The van der Waals surface area contributed by atoms with Crippen LogP contribution in [0.5, 0.6) is 11.5 Å². The summed E-state index contributed by atoms with van der Waals surface area (Å²) in [6, 6.07) is 1.04. The lowest BCUT2D eigenvalue weighted by molar-refractivity contribution is -0.157. The number of carboxylic acids is 1. The lowest BCUT2D eigenvalue weighted by Crippen LogP contribution is -2.58. The molecule has 3 amide bonds. The molecule has 0 bridgehead atoms. The Morgan fingerprint density at radius 2 is 2.03 bits per heavy atom. The van der Waals surface area contributed by atoms with Crippen molar-refractivity contribution in [1.29, 1.82) is 0 Å². The first-order chi connectivity index (χ1) is 13.5. The number of nitrogens with one attached hydrogen (secondary N) is 2. The lowest BCUT2D eigenvalue weighted by atomic mass is 9.97. The highest BCUT2D eigenvalue weighted by Crippen LogP contribution is 2.51. The number of amides is 3. The standard InChI is InChI=1S/C16H16ClN3O8S/c1-16(12(14(25)26)20-8(22)4-9(20)29-16)5-28-15(27)19-18-13(24)6-2-3-7(21)11(23)10(6)17/h2-3,9,12,21,23H,4-5H2,1H3,(H,18,24)(H,19,27)(H,25,26)/t9-,12+,16+/m1/s1. The zero-order chi connectivity index (χ0) is 21.5. The van der Waals surface area contributed by atoms with Gasteiger partial charge in [-0.25, -0.2) is 15.0 Å². The van der Waals surface area contributed by atoms with Crippen LogP contribution in [0.3, 0.4) is 0 Å². The number of aromatic hydroxyl groups is 2. The van der Waals surface area contributed by atoms with Crippen LogP contribution >= 0.6 is 23.4 Å². The van der Waals surface area contributed by atoms with Crippen molar-refractivity contribution in [2.75, 3.05) is 6.61 Å². The van der Waals surface area contributed by atoms with Crippen LogP contribution in [-0.4, -0.2) is 66.9 Å². The van der Waals surface area contributed by atoms with Crippen molar-refractivity contribution < 1.29 is 39.2 Å². The minimum Gasteiger partial charge on any atom is -0.504 e. The number of rotatable bonds is 4. The van der Waals surface area contributed by atoms with E-state index in [1.54, 1.807) is 6.92 Å². The fourth-order valence-electron chi connectivity index (χ4n) is 3.12. The SMILES string of the molecule is C[C@@]1(COC(=O)NNC(=O)c2ccc(O)c(O)c2Cl)S[C@@H]2CC(=O)N2[C@H]1C(=O)O. The molecule has 0 saturated carbocycles. The number of phenols is 2. The average molecular weight is 446 g/mol. The summed E-state index contributed by atoms with van der Waals surface area (Å²) in [5, 5.41) is 27.6. The van der Waals surface area contributed by atoms with Gasteiger partial charge in [-0.05, 0) is 19.1 Å². The number of thioether (sulfide) groups is 1. The molecule has 2 saturated heterocycles. The Bertz CT molecular complexity index is 912. The first kappa shape index (κ1) is 20.9. The number of benzene rings is 1. The van der Waals surface area contributed by atoms with Gasteiger partial charge in [0, 0.05) is 0 Å². The highest BCUT2D eigenvalue weighted by atomic mass is 35.5. The average Bonchev–Trinajstić information content (AvgIpc) is 2.90. The van der Waals surface area contributed by atoms with Crippen LogP contribution in [-0.2, 0) is 14.3 Å². The molecule has 0 aromatic heterocycles. The fourth-order valence-corrected chi connectivity index (χ4v) is 5.04. The molecule has 2 aliphatic rings. The summed E-state index contributed by atoms with van der Waals surface area (Å²) >= 11 is 6.99. The molecule has 2 fully saturated rings. The van der Waals surface area contributed by atoms with E-state index in [9.17, 15) is 34.5 Å². The number of aliphatic carboxylic acids is 1. The molecule has 0 unspecified atom stereocenters. The minimum absolute atomic E-state index is 0.214. The van der Waals surface area contributed by atoms with Crippen LogP contribution in [0.25, 0.3) is 0 Å². The van der Waals surface area contributed by atoms with Crippen molar-refractivity contribution in [3.05, 3.63) is 22.7 Å². The van der Waals surface area contributed by atoms with E-state index >= 15 is 0 Å². The molecule has 13 heteroatoms. The molecule has 2 aliphatic heterocycles. The second-order valence-electron chi connectivity index (χ2n) is 6.58. The van der Waals surface area contributed by atoms with E-state index in [4.69, 9.17) is 16.3 Å². The third kappa shape index (κ3) is 3.72. The molecular formula is C16H16ClN3O8S. The van der Waals surface area contributed by atoms with Gasteiger partial charge >= 0.3 is 12.1 Å². The quantitative estimate of drug-likeness (QED) is 0.254. The van der Waals surface area contributed by atoms with E-state index < -0.39 is 45.3 Å². The largest absolute Gasteiger partial charge is 0.504 e. The predicted molar refractivity (Wildman–Crippen MR) is 99.4 cm³/mol. The van der Waals surface area contributed by atoms with Crippen molar-refractivity contribution in [3.63, 3.8) is 0 Å².